The zero-order chi connectivity index (χ0) is 12.8. The van der Waals surface area contributed by atoms with Gasteiger partial charge in [0.15, 0.2) is 9.84 Å². The molecule has 0 atom stereocenters. The highest BCUT2D eigenvalue weighted by Gasteiger charge is 2.37. The van der Waals surface area contributed by atoms with Gasteiger partial charge in [0, 0.05) is 6.04 Å². The molecule has 0 unspecified atom stereocenters. The average Bonchev–Trinajstić information content (AvgIpc) is 2.34. The van der Waals surface area contributed by atoms with Crippen LogP contribution in [0.3, 0.4) is 0 Å². The second-order valence-corrected chi connectivity index (χ2v) is 7.76. The van der Waals surface area contributed by atoms with Crippen molar-refractivity contribution in [3.63, 3.8) is 0 Å². The van der Waals surface area contributed by atoms with E-state index in [1.54, 1.807) is 6.07 Å². The Kier molecular flexibility index (Phi) is 2.94. The molecule has 0 heterocycles. The molecule has 3 nitrogen and oxygen atoms in total. The predicted octanol–water partition coefficient (Wildman–Crippen LogP) is 1.83. The minimum absolute atomic E-state index is 0.0717. The largest absolute Gasteiger partial charge is 0.328 e. The third-order valence-corrected chi connectivity index (χ3v) is 6.39. The standard InChI is InChI=1S/C14H19NO2S/c15-12-8-14(9-12)18(16,17)13-6-5-10-3-1-2-4-11(10)7-13/h5-7,12,14H,1-4,8-9,15H2. The summed E-state index contributed by atoms with van der Waals surface area (Å²) >= 11 is 0. The van der Waals surface area contributed by atoms with E-state index in [1.165, 1.54) is 24.0 Å². The molecule has 2 aliphatic rings. The molecule has 2 aliphatic carbocycles. The number of hydrogen-bond acceptors (Lipinski definition) is 3. The van der Waals surface area contributed by atoms with Crippen molar-refractivity contribution in [2.24, 2.45) is 5.73 Å². The summed E-state index contributed by atoms with van der Waals surface area (Å²) in [6, 6.07) is 5.75. The zero-order valence-corrected chi connectivity index (χ0v) is 11.2. The summed E-state index contributed by atoms with van der Waals surface area (Å²) in [6.45, 7) is 0. The normalized spacial score (nSPS) is 27.4. The van der Waals surface area contributed by atoms with Crippen molar-refractivity contribution in [3.8, 4) is 0 Å². The first-order valence-electron chi connectivity index (χ1n) is 6.68. The highest BCUT2D eigenvalue weighted by Crippen LogP contribution is 2.32. The van der Waals surface area contributed by atoms with Crippen molar-refractivity contribution in [2.75, 3.05) is 0 Å². The maximum atomic E-state index is 12.4. The molecule has 1 saturated carbocycles. The third kappa shape index (κ3) is 1.97. The van der Waals surface area contributed by atoms with Crippen LogP contribution < -0.4 is 5.73 Å². The van der Waals surface area contributed by atoms with E-state index in [-0.39, 0.29) is 11.3 Å². The summed E-state index contributed by atoms with van der Waals surface area (Å²) in [4.78, 5) is 0.500. The fraction of sp³-hybridized carbons (Fsp3) is 0.571. The van der Waals surface area contributed by atoms with E-state index in [2.05, 4.69) is 0 Å². The molecule has 3 rings (SSSR count). The van der Waals surface area contributed by atoms with Crippen LogP contribution in [0.15, 0.2) is 23.1 Å². The molecule has 18 heavy (non-hydrogen) atoms. The lowest BCUT2D eigenvalue weighted by atomic mass is 9.92. The smallest absolute Gasteiger partial charge is 0.181 e. The van der Waals surface area contributed by atoms with Gasteiger partial charge >= 0.3 is 0 Å². The monoisotopic (exact) mass is 265 g/mol. The molecule has 0 radical (unpaired) electrons. The van der Waals surface area contributed by atoms with Crippen LogP contribution in [0.5, 0.6) is 0 Å². The molecule has 1 aromatic rings. The highest BCUT2D eigenvalue weighted by atomic mass is 32.2. The summed E-state index contributed by atoms with van der Waals surface area (Å²) in [5.74, 6) is 0. The zero-order valence-electron chi connectivity index (χ0n) is 10.4. The number of benzene rings is 1. The molecular formula is C14H19NO2S. The van der Waals surface area contributed by atoms with Crippen molar-refractivity contribution in [3.05, 3.63) is 29.3 Å². The van der Waals surface area contributed by atoms with Gasteiger partial charge in [-0.3, -0.25) is 0 Å². The maximum absolute atomic E-state index is 12.4. The lowest BCUT2D eigenvalue weighted by Gasteiger charge is -2.32. The number of aryl methyl sites for hydroxylation is 2. The Morgan fingerprint density at radius 3 is 2.39 bits per heavy atom. The van der Waals surface area contributed by atoms with Crippen LogP contribution >= 0.6 is 0 Å². The Labute approximate surface area is 108 Å². The van der Waals surface area contributed by atoms with Gasteiger partial charge in [-0.2, -0.15) is 0 Å². The van der Waals surface area contributed by atoms with E-state index in [0.29, 0.717) is 17.7 Å². The Morgan fingerprint density at radius 2 is 1.72 bits per heavy atom. The molecule has 1 fully saturated rings. The summed E-state index contributed by atoms with van der Waals surface area (Å²) in [5, 5.41) is -0.255. The molecule has 0 spiro atoms. The van der Waals surface area contributed by atoms with Crippen LogP contribution in [-0.4, -0.2) is 19.7 Å². The van der Waals surface area contributed by atoms with E-state index in [0.717, 1.165) is 12.8 Å². The molecule has 0 bridgehead atoms. The quantitative estimate of drug-likeness (QED) is 0.887. The van der Waals surface area contributed by atoms with Crippen LogP contribution in [0.4, 0.5) is 0 Å². The minimum Gasteiger partial charge on any atom is -0.328 e. The van der Waals surface area contributed by atoms with Gasteiger partial charge in [0.05, 0.1) is 10.1 Å². The van der Waals surface area contributed by atoms with Crippen LogP contribution in [0.1, 0.15) is 36.8 Å². The van der Waals surface area contributed by atoms with Gasteiger partial charge in [0.1, 0.15) is 0 Å². The SMILES string of the molecule is NC1CC(S(=O)(=O)c2ccc3c(c2)CCCC3)C1. The minimum atomic E-state index is -3.15. The summed E-state index contributed by atoms with van der Waals surface area (Å²) < 4.78 is 24.8. The van der Waals surface area contributed by atoms with E-state index in [4.69, 9.17) is 5.73 Å². The predicted molar refractivity (Wildman–Crippen MR) is 71.3 cm³/mol. The molecule has 2 N–H and O–H groups in total. The summed E-state index contributed by atoms with van der Waals surface area (Å²) in [5.41, 5.74) is 8.24. The Morgan fingerprint density at radius 1 is 1.06 bits per heavy atom. The Balaban J connectivity index is 1.92. The second kappa shape index (κ2) is 4.35. The number of fused-ring (bicyclic) bond motifs is 1. The van der Waals surface area contributed by atoms with Crippen molar-refractivity contribution >= 4 is 9.84 Å². The average molecular weight is 265 g/mol. The Bertz CT molecular complexity index is 559. The van der Waals surface area contributed by atoms with Crippen LogP contribution in [0.2, 0.25) is 0 Å². The van der Waals surface area contributed by atoms with Crippen LogP contribution in [0.25, 0.3) is 0 Å². The molecule has 0 saturated heterocycles. The van der Waals surface area contributed by atoms with E-state index < -0.39 is 9.84 Å². The van der Waals surface area contributed by atoms with Crippen molar-refractivity contribution in [1.82, 2.24) is 0 Å². The lowest BCUT2D eigenvalue weighted by Crippen LogP contribution is -2.44. The number of nitrogens with two attached hydrogens (primary N) is 1. The second-order valence-electron chi connectivity index (χ2n) is 5.54. The lowest BCUT2D eigenvalue weighted by molar-refractivity contribution is 0.409. The molecule has 0 amide bonds. The van der Waals surface area contributed by atoms with E-state index >= 15 is 0 Å². The molecular weight excluding hydrogens is 246 g/mol. The van der Waals surface area contributed by atoms with Gasteiger partial charge in [-0.15, -0.1) is 0 Å². The molecule has 0 aliphatic heterocycles. The third-order valence-electron chi connectivity index (χ3n) is 4.22. The van der Waals surface area contributed by atoms with Gasteiger partial charge in [-0.05, 0) is 61.8 Å². The number of hydrogen-bond donors (Lipinski definition) is 1. The number of sulfone groups is 1. The first-order valence-corrected chi connectivity index (χ1v) is 8.23. The molecule has 4 heteroatoms. The van der Waals surface area contributed by atoms with Crippen molar-refractivity contribution < 1.29 is 8.42 Å². The Hall–Kier alpha value is -0.870. The molecule has 0 aromatic heterocycles. The van der Waals surface area contributed by atoms with Crippen LogP contribution in [0, 0.1) is 0 Å². The van der Waals surface area contributed by atoms with Crippen LogP contribution in [-0.2, 0) is 22.7 Å². The van der Waals surface area contributed by atoms with Gasteiger partial charge in [0.2, 0.25) is 0 Å². The van der Waals surface area contributed by atoms with E-state index in [9.17, 15) is 8.42 Å². The fourth-order valence-electron chi connectivity index (χ4n) is 2.94. The van der Waals surface area contributed by atoms with E-state index in [1.807, 2.05) is 12.1 Å². The topological polar surface area (TPSA) is 60.2 Å². The molecule has 1 aromatic carbocycles. The van der Waals surface area contributed by atoms with Gasteiger partial charge in [-0.1, -0.05) is 6.07 Å². The van der Waals surface area contributed by atoms with Gasteiger partial charge in [-0.25, -0.2) is 8.42 Å². The van der Waals surface area contributed by atoms with Crippen molar-refractivity contribution in [1.29, 1.82) is 0 Å². The van der Waals surface area contributed by atoms with Gasteiger partial charge in [0.25, 0.3) is 0 Å². The highest BCUT2D eigenvalue weighted by molar-refractivity contribution is 7.92. The first-order chi connectivity index (χ1) is 8.57. The molecule has 98 valence electrons. The van der Waals surface area contributed by atoms with Crippen molar-refractivity contribution in [2.45, 2.75) is 54.7 Å². The number of rotatable bonds is 2. The summed E-state index contributed by atoms with van der Waals surface area (Å²) in [7, 11) is -3.15. The summed E-state index contributed by atoms with van der Waals surface area (Å²) in [6.07, 6.45) is 5.72. The van der Waals surface area contributed by atoms with Gasteiger partial charge < -0.3 is 5.73 Å². The fourth-order valence-corrected chi connectivity index (χ4v) is 4.89. The first kappa shape index (κ1) is 12.2. The maximum Gasteiger partial charge on any atom is 0.181 e.